The van der Waals surface area contributed by atoms with Crippen LogP contribution in [0.2, 0.25) is 0 Å². The molecule has 1 aliphatic carbocycles. The van der Waals surface area contributed by atoms with E-state index in [0.29, 0.717) is 26.2 Å². The van der Waals surface area contributed by atoms with E-state index in [1.807, 2.05) is 91.0 Å². The van der Waals surface area contributed by atoms with Gasteiger partial charge in [-0.3, -0.25) is 0 Å². The number of hydrogen-bond acceptors (Lipinski definition) is 5. The average Bonchev–Trinajstić information content (AvgIpc) is 2.85. The first-order chi connectivity index (χ1) is 15.7. The first kappa shape index (κ1) is 22.6. The summed E-state index contributed by atoms with van der Waals surface area (Å²) in [6.07, 6.45) is -3.38. The second-order valence-corrected chi connectivity index (χ2v) is 8.15. The van der Waals surface area contributed by atoms with Crippen molar-refractivity contribution in [3.05, 3.63) is 108 Å². The van der Waals surface area contributed by atoms with E-state index in [0.717, 1.165) is 16.7 Å². The molecule has 1 aliphatic rings. The molecule has 5 nitrogen and oxygen atoms in total. The Balaban J connectivity index is 1.44. The zero-order valence-electron chi connectivity index (χ0n) is 18.0. The van der Waals surface area contributed by atoms with Crippen LogP contribution in [0.15, 0.2) is 91.0 Å². The summed E-state index contributed by atoms with van der Waals surface area (Å²) in [5.41, 5.74) is 3.05. The third kappa shape index (κ3) is 6.03. The Hall–Kier alpha value is -2.54. The third-order valence-corrected chi connectivity index (χ3v) is 5.80. The Morgan fingerprint density at radius 2 is 0.938 bits per heavy atom. The first-order valence-electron chi connectivity index (χ1n) is 11.0. The number of benzene rings is 3. The minimum atomic E-state index is -1.12. The fraction of sp³-hybridized carbons (Fsp3) is 0.333. The quantitative estimate of drug-likeness (QED) is 0.535. The maximum atomic E-state index is 10.9. The summed E-state index contributed by atoms with van der Waals surface area (Å²) in [5.74, 6) is 0. The van der Waals surface area contributed by atoms with Crippen LogP contribution in [0, 0.1) is 0 Å². The maximum absolute atomic E-state index is 10.9. The molecule has 3 aromatic carbocycles. The highest BCUT2D eigenvalue weighted by atomic mass is 16.6. The fourth-order valence-electron chi connectivity index (χ4n) is 3.99. The Morgan fingerprint density at radius 3 is 1.41 bits per heavy atom. The van der Waals surface area contributed by atoms with E-state index >= 15 is 0 Å². The summed E-state index contributed by atoms with van der Waals surface area (Å²) in [7, 11) is 0. The Kier molecular flexibility index (Phi) is 8.04. The van der Waals surface area contributed by atoms with Crippen molar-refractivity contribution >= 4 is 0 Å². The van der Waals surface area contributed by atoms with E-state index in [1.54, 1.807) is 0 Å². The van der Waals surface area contributed by atoms with Gasteiger partial charge in [-0.2, -0.15) is 0 Å². The summed E-state index contributed by atoms with van der Waals surface area (Å²) < 4.78 is 18.3. The van der Waals surface area contributed by atoms with Crippen LogP contribution in [0.4, 0.5) is 0 Å². The number of hydrogen-bond donors (Lipinski definition) is 2. The van der Waals surface area contributed by atoms with Gasteiger partial charge in [0.05, 0.1) is 32.0 Å². The van der Waals surface area contributed by atoms with Crippen molar-refractivity contribution in [3.8, 4) is 0 Å². The molecule has 0 amide bonds. The molecule has 0 spiro atoms. The van der Waals surface area contributed by atoms with Crippen molar-refractivity contribution in [3.63, 3.8) is 0 Å². The molecule has 0 aromatic heterocycles. The lowest BCUT2D eigenvalue weighted by molar-refractivity contribution is -0.221. The van der Waals surface area contributed by atoms with Crippen molar-refractivity contribution in [1.29, 1.82) is 0 Å². The highest BCUT2D eigenvalue weighted by Gasteiger charge is 2.45. The highest BCUT2D eigenvalue weighted by molar-refractivity contribution is 5.15. The second-order valence-electron chi connectivity index (χ2n) is 8.15. The minimum absolute atomic E-state index is 0.329. The second kappa shape index (κ2) is 11.4. The SMILES string of the molecule is O[C@@H]1[C@H](O)[C@@H](OCc2ccccc2)[C@H](OCc2ccccc2)C[C@@H]1OCc1ccccc1. The van der Waals surface area contributed by atoms with Crippen LogP contribution in [0.5, 0.6) is 0 Å². The van der Waals surface area contributed by atoms with E-state index in [-0.39, 0.29) is 0 Å². The van der Waals surface area contributed by atoms with Crippen molar-refractivity contribution in [2.45, 2.75) is 56.8 Å². The van der Waals surface area contributed by atoms with Crippen molar-refractivity contribution < 1.29 is 24.4 Å². The molecule has 168 valence electrons. The van der Waals surface area contributed by atoms with Crippen LogP contribution in [-0.4, -0.2) is 40.7 Å². The lowest BCUT2D eigenvalue weighted by atomic mass is 9.86. The largest absolute Gasteiger partial charge is 0.388 e. The Bertz CT molecular complexity index is 919. The molecule has 0 aliphatic heterocycles. The molecule has 0 unspecified atom stereocenters. The monoisotopic (exact) mass is 434 g/mol. The predicted molar refractivity (Wildman–Crippen MR) is 122 cm³/mol. The Labute approximate surface area is 189 Å². The van der Waals surface area contributed by atoms with Crippen molar-refractivity contribution in [2.75, 3.05) is 0 Å². The molecule has 1 saturated carbocycles. The van der Waals surface area contributed by atoms with Gasteiger partial charge in [-0.05, 0) is 16.7 Å². The molecule has 0 radical (unpaired) electrons. The zero-order chi connectivity index (χ0) is 22.2. The first-order valence-corrected chi connectivity index (χ1v) is 11.0. The number of rotatable bonds is 9. The molecule has 32 heavy (non-hydrogen) atoms. The van der Waals surface area contributed by atoms with Gasteiger partial charge in [-0.15, -0.1) is 0 Å². The van der Waals surface area contributed by atoms with Crippen LogP contribution in [0.3, 0.4) is 0 Å². The fourth-order valence-corrected chi connectivity index (χ4v) is 3.99. The average molecular weight is 435 g/mol. The zero-order valence-corrected chi connectivity index (χ0v) is 18.0. The van der Waals surface area contributed by atoms with E-state index in [9.17, 15) is 10.2 Å². The summed E-state index contributed by atoms with van der Waals surface area (Å²) in [4.78, 5) is 0. The van der Waals surface area contributed by atoms with E-state index in [4.69, 9.17) is 14.2 Å². The lowest BCUT2D eigenvalue weighted by Crippen LogP contribution is -2.58. The van der Waals surface area contributed by atoms with Crippen LogP contribution in [0.25, 0.3) is 0 Å². The van der Waals surface area contributed by atoms with E-state index in [1.165, 1.54) is 0 Å². The molecule has 0 bridgehead atoms. The highest BCUT2D eigenvalue weighted by Crippen LogP contribution is 2.29. The molecule has 1 fully saturated rings. The van der Waals surface area contributed by atoms with Gasteiger partial charge >= 0.3 is 0 Å². The normalized spacial score (nSPS) is 25.5. The van der Waals surface area contributed by atoms with Crippen LogP contribution in [-0.2, 0) is 34.0 Å². The van der Waals surface area contributed by atoms with Gasteiger partial charge in [0.2, 0.25) is 0 Å². The Morgan fingerprint density at radius 1 is 0.531 bits per heavy atom. The summed E-state index contributed by atoms with van der Waals surface area (Å²) in [6.45, 7) is 1.08. The molecule has 5 atom stereocenters. The standard InChI is InChI=1S/C27H30O5/c28-25-23(30-17-20-10-4-1-5-11-20)16-24(31-18-21-12-6-2-7-13-21)27(26(25)29)32-19-22-14-8-3-9-15-22/h1-15,23-29H,16-19H2/t23-,24+,25-,26-,27-/m0/s1. The van der Waals surface area contributed by atoms with Gasteiger partial charge in [0.25, 0.3) is 0 Å². The summed E-state index contributed by atoms with van der Waals surface area (Å²) in [6, 6.07) is 29.5. The predicted octanol–water partition coefficient (Wildman–Crippen LogP) is 3.87. The number of aliphatic hydroxyl groups excluding tert-OH is 2. The molecule has 0 saturated heterocycles. The lowest BCUT2D eigenvalue weighted by Gasteiger charge is -2.42. The van der Waals surface area contributed by atoms with Crippen molar-refractivity contribution in [1.82, 2.24) is 0 Å². The molecular formula is C27H30O5. The summed E-state index contributed by atoms with van der Waals surface area (Å²) in [5, 5.41) is 21.7. The van der Waals surface area contributed by atoms with Gasteiger partial charge in [-0.1, -0.05) is 91.0 Å². The number of aliphatic hydroxyl groups is 2. The molecule has 4 rings (SSSR count). The van der Waals surface area contributed by atoms with Gasteiger partial charge in [0, 0.05) is 6.42 Å². The molecular weight excluding hydrogens is 404 g/mol. The van der Waals surface area contributed by atoms with E-state index in [2.05, 4.69) is 0 Å². The van der Waals surface area contributed by atoms with Gasteiger partial charge in [-0.25, -0.2) is 0 Å². The summed E-state index contributed by atoms with van der Waals surface area (Å²) >= 11 is 0. The molecule has 2 N–H and O–H groups in total. The minimum Gasteiger partial charge on any atom is -0.388 e. The molecule has 3 aromatic rings. The topological polar surface area (TPSA) is 68.2 Å². The van der Waals surface area contributed by atoms with Crippen LogP contribution < -0.4 is 0 Å². The van der Waals surface area contributed by atoms with Crippen LogP contribution >= 0.6 is 0 Å². The van der Waals surface area contributed by atoms with Crippen LogP contribution in [0.1, 0.15) is 23.1 Å². The van der Waals surface area contributed by atoms with Gasteiger partial charge in [0.1, 0.15) is 18.3 Å². The third-order valence-electron chi connectivity index (χ3n) is 5.80. The molecule has 0 heterocycles. The number of ether oxygens (including phenoxy) is 3. The smallest absolute Gasteiger partial charge is 0.113 e. The maximum Gasteiger partial charge on any atom is 0.113 e. The van der Waals surface area contributed by atoms with Gasteiger partial charge in [0.15, 0.2) is 0 Å². The van der Waals surface area contributed by atoms with Gasteiger partial charge < -0.3 is 24.4 Å². The van der Waals surface area contributed by atoms with Crippen molar-refractivity contribution in [2.24, 2.45) is 0 Å². The molecule has 5 heteroatoms. The van der Waals surface area contributed by atoms with E-state index < -0.39 is 30.5 Å².